The number of methoxy groups -OCH3 is 1. The molecule has 1 saturated heterocycles. The number of likely N-dealkylation sites (tertiary alicyclic amines) is 1. The summed E-state index contributed by atoms with van der Waals surface area (Å²) in [6.45, 7) is 16.5. The molecule has 266 valence electrons. The molecule has 2 saturated carbocycles. The molecule has 0 spiro atoms. The van der Waals surface area contributed by atoms with Gasteiger partial charge in [-0.25, -0.2) is 9.59 Å². The van der Waals surface area contributed by atoms with E-state index in [9.17, 15) is 19.2 Å². The third-order valence-electron chi connectivity index (χ3n) is 9.20. The first-order valence-electron chi connectivity index (χ1n) is 17.1. The largest absolute Gasteiger partial charge is 0.497 e. The minimum absolute atomic E-state index is 0.0650. The van der Waals surface area contributed by atoms with E-state index in [0.29, 0.717) is 23.8 Å². The number of nitrogens with zero attached hydrogens (tertiary/aromatic N) is 2. The van der Waals surface area contributed by atoms with E-state index in [1.54, 1.807) is 40.9 Å². The van der Waals surface area contributed by atoms with Crippen molar-refractivity contribution in [3.8, 4) is 11.5 Å². The van der Waals surface area contributed by atoms with Gasteiger partial charge in [-0.05, 0) is 64.5 Å². The van der Waals surface area contributed by atoms with E-state index in [1.807, 2.05) is 45.0 Å². The van der Waals surface area contributed by atoms with Crippen LogP contribution in [-0.2, 0) is 23.9 Å². The molecule has 1 aliphatic heterocycles. The first-order valence-corrected chi connectivity index (χ1v) is 17.1. The number of pyridine rings is 1. The summed E-state index contributed by atoms with van der Waals surface area (Å²) in [6, 6.07) is 5.50. The topological polar surface area (TPSA) is 145 Å². The lowest BCUT2D eigenvalue weighted by Gasteiger charge is -2.36. The van der Waals surface area contributed by atoms with Crippen LogP contribution in [0.4, 0.5) is 4.79 Å². The van der Waals surface area contributed by atoms with Crippen molar-refractivity contribution in [2.75, 3.05) is 20.3 Å². The third-order valence-corrected chi connectivity index (χ3v) is 9.20. The molecule has 49 heavy (non-hydrogen) atoms. The van der Waals surface area contributed by atoms with E-state index in [0.717, 1.165) is 29.4 Å². The van der Waals surface area contributed by atoms with Gasteiger partial charge in [-0.2, -0.15) is 0 Å². The van der Waals surface area contributed by atoms with Gasteiger partial charge in [0.25, 0.3) is 0 Å². The minimum Gasteiger partial charge on any atom is -0.497 e. The molecular weight excluding hydrogens is 628 g/mol. The number of nitrogens with one attached hydrogen (secondary N) is 2. The first-order chi connectivity index (χ1) is 23.0. The molecule has 2 aromatic rings. The maximum Gasteiger partial charge on any atom is 0.408 e. The number of hydrogen-bond acceptors (Lipinski definition) is 9. The lowest BCUT2D eigenvalue weighted by molar-refractivity contribution is -0.150. The smallest absolute Gasteiger partial charge is 0.408 e. The summed E-state index contributed by atoms with van der Waals surface area (Å²) in [6.07, 6.45) is 2.88. The molecule has 0 radical (unpaired) electrons. The highest BCUT2D eigenvalue weighted by Gasteiger charge is 2.62. The Morgan fingerprint density at radius 1 is 1.12 bits per heavy atom. The fourth-order valence-electron chi connectivity index (χ4n) is 6.37. The molecule has 2 aliphatic carbocycles. The van der Waals surface area contributed by atoms with Crippen LogP contribution < -0.4 is 20.1 Å². The molecular formula is C37H50N4O8. The predicted molar refractivity (Wildman–Crippen MR) is 183 cm³/mol. The van der Waals surface area contributed by atoms with Gasteiger partial charge in [0.2, 0.25) is 11.8 Å². The fourth-order valence-corrected chi connectivity index (χ4v) is 6.37. The number of fused-ring (bicyclic) bond motifs is 1. The van der Waals surface area contributed by atoms with Crippen molar-refractivity contribution in [3.05, 3.63) is 42.6 Å². The van der Waals surface area contributed by atoms with Gasteiger partial charge < -0.3 is 34.5 Å². The number of carbonyl (C=O) groups is 4. The molecule has 3 amide bonds. The molecule has 5 rings (SSSR count). The van der Waals surface area contributed by atoms with Crippen LogP contribution in [0.1, 0.15) is 85.8 Å². The van der Waals surface area contributed by atoms with Gasteiger partial charge in [-0.15, -0.1) is 6.58 Å². The average Bonchev–Trinajstić information content (AvgIpc) is 3.94. The average molecular weight is 679 g/mol. The summed E-state index contributed by atoms with van der Waals surface area (Å²) in [4.78, 5) is 60.9. The molecule has 5 atom stereocenters. The molecule has 5 unspecified atom stereocenters. The number of amides is 3. The zero-order chi connectivity index (χ0) is 35.9. The number of carbonyl (C=O) groups excluding carboxylic acids is 4. The second-order valence-electron chi connectivity index (χ2n) is 15.4. The Labute approximate surface area is 288 Å². The van der Waals surface area contributed by atoms with Crippen LogP contribution in [0.15, 0.2) is 36.9 Å². The summed E-state index contributed by atoms with van der Waals surface area (Å²) in [5.74, 6) is -0.192. The van der Waals surface area contributed by atoms with E-state index >= 15 is 0 Å². The molecule has 2 heterocycles. The second-order valence-corrected chi connectivity index (χ2v) is 15.4. The number of aromatic nitrogens is 1. The van der Waals surface area contributed by atoms with Crippen LogP contribution in [0.3, 0.4) is 0 Å². The highest BCUT2D eigenvalue weighted by atomic mass is 16.6. The second kappa shape index (κ2) is 13.5. The van der Waals surface area contributed by atoms with Crippen LogP contribution in [0.5, 0.6) is 11.5 Å². The van der Waals surface area contributed by atoms with Gasteiger partial charge in [0.05, 0.1) is 25.8 Å². The van der Waals surface area contributed by atoms with Gasteiger partial charge in [0.1, 0.15) is 40.8 Å². The summed E-state index contributed by atoms with van der Waals surface area (Å²) < 4.78 is 22.9. The summed E-state index contributed by atoms with van der Waals surface area (Å²) >= 11 is 0. The van der Waals surface area contributed by atoms with Gasteiger partial charge in [-0.1, -0.05) is 26.8 Å². The van der Waals surface area contributed by atoms with E-state index in [4.69, 9.17) is 23.9 Å². The monoisotopic (exact) mass is 678 g/mol. The van der Waals surface area contributed by atoms with Gasteiger partial charge in [-0.3, -0.25) is 14.6 Å². The van der Waals surface area contributed by atoms with Crippen molar-refractivity contribution in [3.63, 3.8) is 0 Å². The van der Waals surface area contributed by atoms with Crippen molar-refractivity contribution in [2.24, 2.45) is 11.3 Å². The number of rotatable bonds is 11. The molecule has 12 nitrogen and oxygen atoms in total. The molecule has 12 heteroatoms. The van der Waals surface area contributed by atoms with E-state index in [1.165, 1.54) is 4.90 Å². The Balaban J connectivity index is 1.47. The molecule has 0 bridgehead atoms. The summed E-state index contributed by atoms with van der Waals surface area (Å²) in [5, 5.41) is 6.45. The summed E-state index contributed by atoms with van der Waals surface area (Å²) in [5.41, 5.74) is -1.13. The predicted octanol–water partition coefficient (Wildman–Crippen LogP) is 5.03. The van der Waals surface area contributed by atoms with Crippen LogP contribution in [0, 0.1) is 11.3 Å². The molecule has 3 aliphatic rings. The fraction of sp³-hybridized carbons (Fsp3) is 0.595. The Hall–Kier alpha value is -4.35. The summed E-state index contributed by atoms with van der Waals surface area (Å²) in [7, 11) is 1.60. The maximum atomic E-state index is 14.5. The van der Waals surface area contributed by atoms with E-state index in [2.05, 4.69) is 17.2 Å². The molecule has 1 aromatic carbocycles. The Morgan fingerprint density at radius 3 is 2.41 bits per heavy atom. The van der Waals surface area contributed by atoms with Crippen LogP contribution in [0.25, 0.3) is 10.9 Å². The highest BCUT2D eigenvalue weighted by molar-refractivity contribution is 5.97. The Morgan fingerprint density at radius 2 is 1.84 bits per heavy atom. The van der Waals surface area contributed by atoms with Gasteiger partial charge >= 0.3 is 12.1 Å². The van der Waals surface area contributed by atoms with Crippen LogP contribution in [0.2, 0.25) is 0 Å². The lowest BCUT2D eigenvalue weighted by atomic mass is 9.85. The van der Waals surface area contributed by atoms with E-state index < -0.39 is 58.6 Å². The Bertz CT molecular complexity index is 1620. The number of benzene rings is 1. The van der Waals surface area contributed by atoms with Crippen molar-refractivity contribution in [2.45, 2.75) is 109 Å². The number of hydrogen-bond donors (Lipinski definition) is 2. The van der Waals surface area contributed by atoms with Crippen LogP contribution >= 0.6 is 0 Å². The minimum atomic E-state index is -1.25. The third kappa shape index (κ3) is 7.94. The SMILES string of the molecule is C=CC1CC1(NC(=O)C1CC(Oc2cc(C3CC3)nc3cc(OC)ccc23)CN1C(=O)C(NC(=O)OC(C)(C)C)C(C)(C)C)C(=O)OCC. The maximum absolute atomic E-state index is 14.5. The highest BCUT2D eigenvalue weighted by Crippen LogP contribution is 2.46. The van der Waals surface area contributed by atoms with Crippen molar-refractivity contribution in [1.29, 1.82) is 0 Å². The van der Waals surface area contributed by atoms with Crippen molar-refractivity contribution < 1.29 is 38.1 Å². The van der Waals surface area contributed by atoms with Gasteiger partial charge in [0.15, 0.2) is 0 Å². The number of esters is 1. The first kappa shape index (κ1) is 35.9. The number of ether oxygens (including phenoxy) is 4. The van der Waals surface area contributed by atoms with Crippen LogP contribution in [-0.4, -0.2) is 83.3 Å². The lowest BCUT2D eigenvalue weighted by Crippen LogP contribution is -2.59. The molecule has 3 fully saturated rings. The standard InChI is InChI=1S/C37H50N4O8/c1-10-22-19-37(22,33(44)47-11-2)40-31(42)28-17-24(20-41(28)32(43)30(35(3,4)5)39-34(45)49-36(6,7)8)48-29-18-26(21-12-13-21)38-27-16-23(46-9)14-15-25(27)29/h10,14-16,18,21-22,24,28,30H,1,11-13,17,19-20H2,2-9H3,(H,39,45)(H,40,42). The zero-order valence-electron chi connectivity index (χ0n) is 29.9. The van der Waals surface area contributed by atoms with Gasteiger partial charge in [0, 0.05) is 41.5 Å². The zero-order valence-corrected chi connectivity index (χ0v) is 29.9. The van der Waals surface area contributed by atoms with E-state index in [-0.39, 0.29) is 25.5 Å². The Kier molecular flexibility index (Phi) is 9.91. The molecule has 2 N–H and O–H groups in total. The normalized spacial score (nSPS) is 24.1. The van der Waals surface area contributed by atoms with Crippen molar-refractivity contribution in [1.82, 2.24) is 20.5 Å². The number of alkyl carbamates (subject to hydrolysis) is 1. The quantitative estimate of drug-likeness (QED) is 0.247. The molecule has 1 aromatic heterocycles. The van der Waals surface area contributed by atoms with Crippen molar-refractivity contribution >= 4 is 34.8 Å².